The zero-order valence-corrected chi connectivity index (χ0v) is 17.9. The van der Waals surface area contributed by atoms with Crippen molar-refractivity contribution in [2.75, 3.05) is 40.0 Å². The number of pyridine rings is 1. The molecule has 1 aromatic heterocycles. The molecule has 1 spiro atoms. The highest BCUT2D eigenvalue weighted by Gasteiger charge is 2.69. The third-order valence-corrected chi connectivity index (χ3v) is 5.93. The number of aliphatic imine (C=N–C) groups is 1. The number of fused-ring (bicyclic) bond motifs is 2. The van der Waals surface area contributed by atoms with Gasteiger partial charge in [0.2, 0.25) is 5.54 Å². The number of para-hydroxylation sites is 1. The molecule has 4 heterocycles. The number of ether oxygens (including phenoxy) is 3. The zero-order valence-electron chi connectivity index (χ0n) is 17.9. The number of methoxy groups -OCH3 is 1. The number of esters is 1. The molecule has 1 saturated heterocycles. The minimum atomic E-state index is -3.85. The van der Waals surface area contributed by atoms with Crippen molar-refractivity contribution in [3.63, 3.8) is 0 Å². The van der Waals surface area contributed by atoms with Crippen molar-refractivity contribution in [1.82, 2.24) is 15.2 Å². The maximum atomic E-state index is 15.8. The average Bonchev–Trinajstić information content (AvgIpc) is 3.05. The predicted molar refractivity (Wildman–Crippen MR) is 114 cm³/mol. The second-order valence-corrected chi connectivity index (χ2v) is 7.86. The SMILES string of the molecule is COC(=O)C1=C(CN2CCOCC2)NC(c2ccccn2)=NC12c1ccccc1OC2(F)F. The van der Waals surface area contributed by atoms with Gasteiger partial charge in [-0.25, -0.2) is 9.79 Å². The fraction of sp³-hybridized carbons (Fsp3) is 0.348. The van der Waals surface area contributed by atoms with Crippen molar-refractivity contribution in [3.05, 3.63) is 71.2 Å². The summed E-state index contributed by atoms with van der Waals surface area (Å²) in [6, 6.07) is 11.2. The number of aromatic nitrogens is 1. The molecule has 10 heteroatoms. The number of amidine groups is 1. The Labute approximate surface area is 188 Å². The summed E-state index contributed by atoms with van der Waals surface area (Å²) in [5.41, 5.74) is -2.01. The van der Waals surface area contributed by atoms with Crippen LogP contribution in [0.5, 0.6) is 5.75 Å². The summed E-state index contributed by atoms with van der Waals surface area (Å²) in [5.74, 6) is -0.832. The average molecular weight is 456 g/mol. The highest BCUT2D eigenvalue weighted by molar-refractivity contribution is 6.04. The van der Waals surface area contributed by atoms with Gasteiger partial charge in [-0.1, -0.05) is 24.3 Å². The Bertz CT molecular complexity index is 1130. The number of nitrogens with zero attached hydrogens (tertiary/aromatic N) is 3. The third-order valence-electron chi connectivity index (χ3n) is 5.93. The molecule has 0 radical (unpaired) electrons. The first-order valence-corrected chi connectivity index (χ1v) is 10.5. The molecule has 2 aromatic rings. The minimum absolute atomic E-state index is 0.0411. The summed E-state index contributed by atoms with van der Waals surface area (Å²) in [4.78, 5) is 23.8. The van der Waals surface area contributed by atoms with Gasteiger partial charge >= 0.3 is 12.1 Å². The van der Waals surface area contributed by atoms with Crippen molar-refractivity contribution in [3.8, 4) is 5.75 Å². The van der Waals surface area contributed by atoms with E-state index in [1.54, 1.807) is 36.5 Å². The Morgan fingerprint density at radius 2 is 1.94 bits per heavy atom. The molecule has 3 aliphatic heterocycles. The van der Waals surface area contributed by atoms with Crippen LogP contribution in [-0.4, -0.2) is 67.8 Å². The lowest BCUT2D eigenvalue weighted by atomic mass is 9.80. The summed E-state index contributed by atoms with van der Waals surface area (Å²) in [6.45, 7) is 2.39. The van der Waals surface area contributed by atoms with E-state index in [1.165, 1.54) is 12.1 Å². The van der Waals surface area contributed by atoms with Crippen LogP contribution in [0.4, 0.5) is 8.78 Å². The fourth-order valence-electron chi connectivity index (χ4n) is 4.40. The molecule has 0 amide bonds. The maximum absolute atomic E-state index is 15.8. The fourth-order valence-corrected chi connectivity index (χ4v) is 4.40. The van der Waals surface area contributed by atoms with E-state index < -0.39 is 17.6 Å². The first kappa shape index (κ1) is 21.5. The number of nitrogens with one attached hydrogen (secondary N) is 1. The van der Waals surface area contributed by atoms with E-state index in [-0.39, 0.29) is 35.0 Å². The van der Waals surface area contributed by atoms with Crippen LogP contribution in [0.2, 0.25) is 0 Å². The highest BCUT2D eigenvalue weighted by Crippen LogP contribution is 2.57. The number of morpholine rings is 1. The standard InChI is InChI=1S/C23H22F2N4O4/c1-31-21(30)19-17(14-29-10-12-32-13-11-29)27-20(16-7-4-5-9-26-16)28-22(19)15-6-2-3-8-18(15)33-23(22,24)25/h2-9H,10-14H2,1H3,(H,27,28). The Morgan fingerprint density at radius 3 is 2.67 bits per heavy atom. The Hall–Kier alpha value is -3.37. The van der Waals surface area contributed by atoms with Gasteiger partial charge in [0.05, 0.1) is 20.3 Å². The van der Waals surface area contributed by atoms with Crippen LogP contribution in [0, 0.1) is 0 Å². The predicted octanol–water partition coefficient (Wildman–Crippen LogP) is 2.07. The van der Waals surface area contributed by atoms with Crippen molar-refractivity contribution in [2.24, 2.45) is 4.99 Å². The van der Waals surface area contributed by atoms with E-state index in [0.29, 0.717) is 32.0 Å². The molecule has 33 heavy (non-hydrogen) atoms. The number of halogens is 2. The highest BCUT2D eigenvalue weighted by atomic mass is 19.3. The van der Waals surface area contributed by atoms with Gasteiger partial charge in [0.15, 0.2) is 5.84 Å². The first-order chi connectivity index (χ1) is 16.0. The smallest absolute Gasteiger partial charge is 0.433 e. The van der Waals surface area contributed by atoms with E-state index in [4.69, 9.17) is 14.2 Å². The first-order valence-electron chi connectivity index (χ1n) is 10.5. The molecular weight excluding hydrogens is 434 g/mol. The Morgan fingerprint density at radius 1 is 1.18 bits per heavy atom. The summed E-state index contributed by atoms with van der Waals surface area (Å²) in [5, 5.41) is 3.10. The largest absolute Gasteiger partial charge is 0.466 e. The van der Waals surface area contributed by atoms with Gasteiger partial charge in [-0.3, -0.25) is 9.88 Å². The van der Waals surface area contributed by atoms with Crippen molar-refractivity contribution >= 4 is 11.8 Å². The number of carbonyl (C=O) groups excluding carboxylic acids is 1. The summed E-state index contributed by atoms with van der Waals surface area (Å²) in [6.07, 6.45) is -2.30. The van der Waals surface area contributed by atoms with Crippen molar-refractivity contribution < 1.29 is 27.8 Å². The second-order valence-electron chi connectivity index (χ2n) is 7.86. The molecule has 0 saturated carbocycles. The zero-order chi connectivity index (χ0) is 23.1. The third kappa shape index (κ3) is 3.46. The van der Waals surface area contributed by atoms with Crippen molar-refractivity contribution in [2.45, 2.75) is 11.6 Å². The van der Waals surface area contributed by atoms with Crippen LogP contribution in [0.25, 0.3) is 0 Å². The molecule has 1 N–H and O–H groups in total. The molecule has 1 fully saturated rings. The normalized spacial score (nSPS) is 24.0. The van der Waals surface area contributed by atoms with Gasteiger partial charge in [0, 0.05) is 37.1 Å². The van der Waals surface area contributed by atoms with Gasteiger partial charge in [-0.2, -0.15) is 8.78 Å². The summed E-state index contributed by atoms with van der Waals surface area (Å²) < 4.78 is 47.1. The van der Waals surface area contributed by atoms with Crippen LogP contribution in [0.3, 0.4) is 0 Å². The Kier molecular flexibility index (Phi) is 5.34. The molecule has 3 aliphatic rings. The molecule has 0 aliphatic carbocycles. The lowest BCUT2D eigenvalue weighted by molar-refractivity contribution is -0.203. The molecule has 0 bridgehead atoms. The number of carbonyl (C=O) groups is 1. The molecule has 5 rings (SSSR count). The summed E-state index contributed by atoms with van der Waals surface area (Å²) >= 11 is 0. The van der Waals surface area contributed by atoms with Gasteiger partial charge in [0.1, 0.15) is 17.0 Å². The molecule has 172 valence electrons. The number of rotatable bonds is 4. The second kappa shape index (κ2) is 8.20. The topological polar surface area (TPSA) is 85.3 Å². The van der Waals surface area contributed by atoms with Gasteiger partial charge in [-0.15, -0.1) is 0 Å². The molecule has 1 atom stereocenters. The van der Waals surface area contributed by atoms with E-state index in [9.17, 15) is 4.79 Å². The Balaban J connectivity index is 1.75. The number of hydrogen-bond acceptors (Lipinski definition) is 8. The van der Waals surface area contributed by atoms with Crippen LogP contribution in [0.1, 0.15) is 11.3 Å². The van der Waals surface area contributed by atoms with Gasteiger partial charge in [-0.05, 0) is 18.2 Å². The number of hydrogen-bond donors (Lipinski definition) is 1. The molecule has 1 unspecified atom stereocenters. The van der Waals surface area contributed by atoms with Gasteiger partial charge < -0.3 is 19.5 Å². The van der Waals surface area contributed by atoms with Crippen LogP contribution in [-0.2, 0) is 19.8 Å². The number of alkyl halides is 2. The maximum Gasteiger partial charge on any atom is 0.433 e. The van der Waals surface area contributed by atoms with E-state index in [0.717, 1.165) is 7.11 Å². The van der Waals surface area contributed by atoms with E-state index in [2.05, 4.69) is 15.3 Å². The monoisotopic (exact) mass is 456 g/mol. The molecule has 1 aromatic carbocycles. The molecule has 8 nitrogen and oxygen atoms in total. The minimum Gasteiger partial charge on any atom is -0.466 e. The number of benzene rings is 1. The molecular formula is C23H22F2N4O4. The summed E-state index contributed by atoms with van der Waals surface area (Å²) in [7, 11) is 1.16. The van der Waals surface area contributed by atoms with Crippen molar-refractivity contribution in [1.29, 1.82) is 0 Å². The lowest BCUT2D eigenvalue weighted by Gasteiger charge is -2.38. The van der Waals surface area contributed by atoms with Crippen LogP contribution < -0.4 is 10.1 Å². The van der Waals surface area contributed by atoms with Gasteiger partial charge in [0.25, 0.3) is 0 Å². The van der Waals surface area contributed by atoms with Crippen LogP contribution >= 0.6 is 0 Å². The van der Waals surface area contributed by atoms with E-state index in [1.807, 2.05) is 4.90 Å². The van der Waals surface area contributed by atoms with E-state index >= 15 is 8.78 Å². The van der Waals surface area contributed by atoms with Crippen LogP contribution in [0.15, 0.2) is 64.9 Å². The quantitative estimate of drug-likeness (QED) is 0.705. The lowest BCUT2D eigenvalue weighted by Crippen LogP contribution is -2.54.